The fourth-order valence-corrected chi connectivity index (χ4v) is 7.24. The van der Waals surface area contributed by atoms with Crippen LogP contribution in [0.15, 0.2) is 41.5 Å². The van der Waals surface area contributed by atoms with Crippen molar-refractivity contribution in [3.8, 4) is 22.6 Å². The van der Waals surface area contributed by atoms with Crippen molar-refractivity contribution in [2.24, 2.45) is 5.92 Å². The first-order valence-corrected chi connectivity index (χ1v) is 14.8. The van der Waals surface area contributed by atoms with Crippen molar-refractivity contribution in [1.82, 2.24) is 19.8 Å². The summed E-state index contributed by atoms with van der Waals surface area (Å²) in [6.45, 7) is 8.78. The van der Waals surface area contributed by atoms with Crippen LogP contribution in [0.3, 0.4) is 0 Å². The van der Waals surface area contributed by atoms with Crippen LogP contribution in [0.5, 0.6) is 11.5 Å². The molecule has 0 radical (unpaired) electrons. The van der Waals surface area contributed by atoms with E-state index in [0.717, 1.165) is 64.7 Å². The van der Waals surface area contributed by atoms with Gasteiger partial charge in [-0.15, -0.1) is 0 Å². The highest BCUT2D eigenvalue weighted by atomic mass is 16.7. The van der Waals surface area contributed by atoms with Crippen molar-refractivity contribution in [1.29, 1.82) is 0 Å². The lowest BCUT2D eigenvalue weighted by Crippen LogP contribution is -2.46. The molecule has 216 valence electrons. The van der Waals surface area contributed by atoms with Gasteiger partial charge in [-0.05, 0) is 78.1 Å². The molecule has 2 aliphatic heterocycles. The molecule has 1 amide bonds. The Labute approximate surface area is 242 Å². The van der Waals surface area contributed by atoms with Crippen molar-refractivity contribution in [2.75, 3.05) is 27.2 Å². The summed E-state index contributed by atoms with van der Waals surface area (Å²) in [6.07, 6.45) is 12.4. The maximum Gasteiger partial charge on any atom is 0.254 e. The summed E-state index contributed by atoms with van der Waals surface area (Å²) in [6, 6.07) is 0.572. The van der Waals surface area contributed by atoms with E-state index < -0.39 is 5.79 Å². The average Bonchev–Trinajstić information content (AvgIpc) is 3.31. The predicted molar refractivity (Wildman–Crippen MR) is 157 cm³/mol. The number of fused-ring (bicyclic) bond motifs is 2. The van der Waals surface area contributed by atoms with Gasteiger partial charge in [0.1, 0.15) is 6.33 Å². The molecule has 1 aromatic carbocycles. The Bertz CT molecular complexity index is 1470. The number of rotatable bonds is 5. The van der Waals surface area contributed by atoms with E-state index in [0.29, 0.717) is 49.0 Å². The Kier molecular flexibility index (Phi) is 7.00. The van der Waals surface area contributed by atoms with E-state index in [9.17, 15) is 9.59 Å². The molecule has 1 fully saturated rings. The van der Waals surface area contributed by atoms with Crippen molar-refractivity contribution in [3.63, 3.8) is 0 Å². The monoisotopic (exact) mass is 556 g/mol. The second-order valence-corrected chi connectivity index (χ2v) is 12.6. The summed E-state index contributed by atoms with van der Waals surface area (Å²) < 4.78 is 13.6. The second kappa shape index (κ2) is 10.4. The molecule has 41 heavy (non-hydrogen) atoms. The maximum atomic E-state index is 14.2. The number of hydrogen-bond donors (Lipinski definition) is 0. The number of amides is 1. The first-order chi connectivity index (χ1) is 19.6. The van der Waals surface area contributed by atoms with E-state index in [-0.39, 0.29) is 17.6 Å². The Morgan fingerprint density at radius 2 is 1.68 bits per heavy atom. The number of carbonyl (C=O) groups excluding carboxylic acids is 2. The highest BCUT2D eigenvalue weighted by Gasteiger charge is 2.49. The second-order valence-electron chi connectivity index (χ2n) is 12.6. The van der Waals surface area contributed by atoms with Gasteiger partial charge in [-0.25, -0.2) is 9.97 Å². The molecule has 0 spiro atoms. The Morgan fingerprint density at radius 3 is 2.34 bits per heavy atom. The molecular formula is C33H40N4O4. The largest absolute Gasteiger partial charge is 0.448 e. The van der Waals surface area contributed by atoms with Gasteiger partial charge >= 0.3 is 0 Å². The van der Waals surface area contributed by atoms with E-state index in [2.05, 4.69) is 35.0 Å². The van der Waals surface area contributed by atoms with Gasteiger partial charge in [0.2, 0.25) is 0 Å². The van der Waals surface area contributed by atoms with Gasteiger partial charge in [0.15, 0.2) is 17.3 Å². The van der Waals surface area contributed by atoms with Gasteiger partial charge in [0, 0.05) is 73.1 Å². The first kappa shape index (κ1) is 27.6. The summed E-state index contributed by atoms with van der Waals surface area (Å²) in [5.74, 6) is 0.771. The Balaban J connectivity index is 1.39. The standard InChI is InChI=1S/C33H40N4O4/c1-19-13-20(2)26(27(38)14-19)17-37-12-11-25-28(32(37)39)21(3)30-31(29(25)22-15-34-18-35-16-22)41-33(4,40-30)23-7-9-24(10-8-23)36(5)6/h13,15-16,18,23-24H,7-12,14,17H2,1-6H3. The number of ketones is 1. The molecule has 6 rings (SSSR count). The van der Waals surface area contributed by atoms with Crippen LogP contribution in [0.2, 0.25) is 0 Å². The maximum absolute atomic E-state index is 14.2. The van der Waals surface area contributed by atoms with Gasteiger partial charge in [-0.3, -0.25) is 9.59 Å². The van der Waals surface area contributed by atoms with Gasteiger partial charge < -0.3 is 19.3 Å². The lowest BCUT2D eigenvalue weighted by molar-refractivity contribution is -0.123. The van der Waals surface area contributed by atoms with Crippen LogP contribution in [0.1, 0.15) is 74.4 Å². The lowest BCUT2D eigenvalue weighted by Gasteiger charge is -2.39. The molecule has 1 saturated carbocycles. The molecule has 0 saturated heterocycles. The van der Waals surface area contributed by atoms with E-state index in [4.69, 9.17) is 9.47 Å². The predicted octanol–water partition coefficient (Wildman–Crippen LogP) is 5.29. The molecule has 1 aromatic heterocycles. The van der Waals surface area contributed by atoms with E-state index >= 15 is 0 Å². The number of ether oxygens (including phenoxy) is 2. The minimum absolute atomic E-state index is 0.0762. The fourth-order valence-electron chi connectivity index (χ4n) is 7.24. The Morgan fingerprint density at radius 1 is 1.00 bits per heavy atom. The zero-order valence-corrected chi connectivity index (χ0v) is 25.0. The van der Waals surface area contributed by atoms with Crippen LogP contribution < -0.4 is 9.47 Å². The molecule has 8 heteroatoms. The lowest BCUT2D eigenvalue weighted by atomic mass is 9.81. The molecule has 2 aliphatic carbocycles. The number of carbonyl (C=O) groups is 2. The topological polar surface area (TPSA) is 84.9 Å². The minimum atomic E-state index is -0.817. The Hall–Kier alpha value is -3.52. The highest BCUT2D eigenvalue weighted by Crippen LogP contribution is 2.55. The fraction of sp³-hybridized carbons (Fsp3) is 0.515. The number of hydrogen-bond acceptors (Lipinski definition) is 7. The van der Waals surface area contributed by atoms with Crippen molar-refractivity contribution in [2.45, 2.75) is 78.0 Å². The molecule has 1 unspecified atom stereocenters. The molecule has 8 nitrogen and oxygen atoms in total. The third-order valence-corrected chi connectivity index (χ3v) is 9.58. The van der Waals surface area contributed by atoms with Gasteiger partial charge in [-0.1, -0.05) is 11.6 Å². The zero-order chi connectivity index (χ0) is 29.1. The van der Waals surface area contributed by atoms with Gasteiger partial charge in [0.05, 0.1) is 5.56 Å². The number of nitrogens with zero attached hydrogens (tertiary/aromatic N) is 4. The molecular weight excluding hydrogens is 516 g/mol. The van der Waals surface area contributed by atoms with Crippen molar-refractivity contribution < 1.29 is 19.1 Å². The van der Waals surface area contributed by atoms with E-state index in [1.165, 1.54) is 6.33 Å². The van der Waals surface area contributed by atoms with Crippen LogP contribution in [-0.4, -0.2) is 70.5 Å². The SMILES string of the molecule is CC1=CC(C)=C(CN2CCc3c(c(C)c4c(c3-c3cncnc3)OC(C)(C3CCC(N(C)C)CC3)O4)C2=O)C(=O)C1. The van der Waals surface area contributed by atoms with Crippen molar-refractivity contribution in [3.05, 3.63) is 58.2 Å². The molecule has 3 heterocycles. The molecule has 0 bridgehead atoms. The zero-order valence-electron chi connectivity index (χ0n) is 25.0. The number of Topliss-reactive ketones (excluding diaryl/α,β-unsaturated/α-hetero) is 1. The molecule has 1 atom stereocenters. The molecule has 0 N–H and O–H groups in total. The summed E-state index contributed by atoms with van der Waals surface area (Å²) in [7, 11) is 4.29. The number of aromatic nitrogens is 2. The highest BCUT2D eigenvalue weighted by molar-refractivity contribution is 6.04. The average molecular weight is 557 g/mol. The van der Waals surface area contributed by atoms with E-state index in [1.807, 2.05) is 32.6 Å². The van der Waals surface area contributed by atoms with Crippen LogP contribution in [-0.2, 0) is 11.2 Å². The third kappa shape index (κ3) is 4.76. The van der Waals surface area contributed by atoms with Crippen LogP contribution in [0.4, 0.5) is 0 Å². The summed E-state index contributed by atoms with van der Waals surface area (Å²) in [5.41, 5.74) is 6.78. The van der Waals surface area contributed by atoms with E-state index in [1.54, 1.807) is 12.4 Å². The van der Waals surface area contributed by atoms with Crippen LogP contribution >= 0.6 is 0 Å². The smallest absolute Gasteiger partial charge is 0.254 e. The number of benzene rings is 1. The third-order valence-electron chi connectivity index (χ3n) is 9.58. The normalized spacial score (nSPS) is 26.0. The number of allylic oxidation sites excluding steroid dienone is 3. The quantitative estimate of drug-likeness (QED) is 0.495. The van der Waals surface area contributed by atoms with Gasteiger partial charge in [-0.2, -0.15) is 0 Å². The minimum Gasteiger partial charge on any atom is -0.448 e. The first-order valence-electron chi connectivity index (χ1n) is 14.8. The van der Waals surface area contributed by atoms with Crippen LogP contribution in [0, 0.1) is 12.8 Å². The molecule has 4 aliphatic rings. The van der Waals surface area contributed by atoms with Crippen LogP contribution in [0.25, 0.3) is 11.1 Å². The summed E-state index contributed by atoms with van der Waals surface area (Å²) >= 11 is 0. The summed E-state index contributed by atoms with van der Waals surface area (Å²) in [5, 5.41) is 0. The summed E-state index contributed by atoms with van der Waals surface area (Å²) in [4.78, 5) is 39.8. The van der Waals surface area contributed by atoms with Crippen molar-refractivity contribution >= 4 is 11.7 Å². The van der Waals surface area contributed by atoms with Gasteiger partial charge in [0.25, 0.3) is 11.7 Å². The molecule has 2 aromatic rings.